The molecule has 2 atom stereocenters. The summed E-state index contributed by atoms with van der Waals surface area (Å²) >= 11 is 0. The van der Waals surface area contributed by atoms with Crippen molar-refractivity contribution in [2.75, 3.05) is 12.8 Å². The summed E-state index contributed by atoms with van der Waals surface area (Å²) in [4.78, 5) is 11.5. The van der Waals surface area contributed by atoms with Gasteiger partial charge in [0, 0.05) is 24.3 Å². The molecule has 1 aliphatic rings. The van der Waals surface area contributed by atoms with Crippen molar-refractivity contribution < 1.29 is 12.9 Å². The smallest absolute Gasteiger partial charge is 0.280 e. The Kier molecular flexibility index (Phi) is 4.41. The lowest BCUT2D eigenvalue weighted by atomic mass is 9.87. The van der Waals surface area contributed by atoms with E-state index in [1.807, 2.05) is 12.1 Å². The molecule has 2 aromatic rings. The second-order valence-electron chi connectivity index (χ2n) is 6.11. The first kappa shape index (κ1) is 16.0. The Balaban J connectivity index is 1.67. The van der Waals surface area contributed by atoms with Crippen LogP contribution in [-0.4, -0.2) is 32.4 Å². The standard InChI is InChI=1S/C16H20N2O4S/c1-23(20,21)14-4-2-11(3-5-14)8-13-9-12(6-7-17-13)15-10-16(19)18-22-15/h2-5,10,12-13,17H,6-9H2,1H3,(H,18,19)/t12-,13+/m0/s1. The van der Waals surface area contributed by atoms with E-state index in [-0.39, 0.29) is 17.5 Å². The third kappa shape index (κ3) is 3.92. The first-order chi connectivity index (χ1) is 10.9. The van der Waals surface area contributed by atoms with Gasteiger partial charge in [-0.3, -0.25) is 4.79 Å². The number of H-pyrrole nitrogens is 1. The van der Waals surface area contributed by atoms with Gasteiger partial charge in [0.1, 0.15) is 5.76 Å². The van der Waals surface area contributed by atoms with Crippen LogP contribution in [-0.2, 0) is 16.3 Å². The van der Waals surface area contributed by atoms with E-state index in [4.69, 9.17) is 4.52 Å². The fourth-order valence-corrected chi connectivity index (χ4v) is 3.71. The molecule has 0 spiro atoms. The molecule has 3 rings (SSSR count). The predicted octanol–water partition coefficient (Wildman–Crippen LogP) is 1.45. The second kappa shape index (κ2) is 6.33. The molecular weight excluding hydrogens is 316 g/mol. The Morgan fingerprint density at radius 1 is 1.26 bits per heavy atom. The van der Waals surface area contributed by atoms with E-state index in [2.05, 4.69) is 10.5 Å². The molecule has 1 saturated heterocycles. The summed E-state index contributed by atoms with van der Waals surface area (Å²) < 4.78 is 28.2. The van der Waals surface area contributed by atoms with Crippen LogP contribution in [0.3, 0.4) is 0 Å². The van der Waals surface area contributed by atoms with Gasteiger partial charge in [-0.15, -0.1) is 0 Å². The van der Waals surface area contributed by atoms with Gasteiger partial charge in [0.25, 0.3) is 5.56 Å². The molecule has 0 aliphatic carbocycles. The lowest BCUT2D eigenvalue weighted by Crippen LogP contribution is -2.38. The van der Waals surface area contributed by atoms with Gasteiger partial charge in [-0.05, 0) is 43.5 Å². The molecule has 124 valence electrons. The molecule has 23 heavy (non-hydrogen) atoms. The van der Waals surface area contributed by atoms with Crippen molar-refractivity contribution in [2.45, 2.75) is 36.1 Å². The maximum atomic E-state index is 11.5. The summed E-state index contributed by atoms with van der Waals surface area (Å²) in [6.07, 6.45) is 3.84. The number of aromatic amines is 1. The molecule has 0 amide bonds. The largest absolute Gasteiger partial charge is 0.383 e. The lowest BCUT2D eigenvalue weighted by molar-refractivity contribution is 0.292. The SMILES string of the molecule is CS(=O)(=O)c1ccc(C[C@@H]2C[C@@H](c3cc(=O)[nH]o3)CCN2)cc1. The van der Waals surface area contributed by atoms with Gasteiger partial charge >= 0.3 is 0 Å². The number of piperidine rings is 1. The van der Waals surface area contributed by atoms with Gasteiger partial charge in [-0.1, -0.05) is 12.1 Å². The molecule has 0 bridgehead atoms. The number of hydrogen-bond donors (Lipinski definition) is 2. The topological polar surface area (TPSA) is 92.2 Å². The van der Waals surface area contributed by atoms with E-state index in [9.17, 15) is 13.2 Å². The highest BCUT2D eigenvalue weighted by Gasteiger charge is 2.25. The number of rotatable bonds is 4. The number of benzene rings is 1. The quantitative estimate of drug-likeness (QED) is 0.881. The molecule has 0 radical (unpaired) electrons. The van der Waals surface area contributed by atoms with Gasteiger partial charge in [0.15, 0.2) is 9.84 Å². The van der Waals surface area contributed by atoms with Gasteiger partial charge in [0.2, 0.25) is 0 Å². The van der Waals surface area contributed by atoms with Crippen LogP contribution in [0.15, 0.2) is 44.5 Å². The second-order valence-corrected chi connectivity index (χ2v) is 8.12. The van der Waals surface area contributed by atoms with Gasteiger partial charge in [0.05, 0.1) is 4.90 Å². The minimum atomic E-state index is -3.16. The Labute approximate surface area is 134 Å². The highest BCUT2D eigenvalue weighted by atomic mass is 32.2. The summed E-state index contributed by atoms with van der Waals surface area (Å²) in [5.74, 6) is 0.949. The summed E-state index contributed by atoms with van der Waals surface area (Å²) in [7, 11) is -3.16. The molecule has 7 heteroatoms. The zero-order valence-corrected chi connectivity index (χ0v) is 13.7. The van der Waals surface area contributed by atoms with Crippen molar-refractivity contribution in [3.05, 3.63) is 52.0 Å². The third-order valence-corrected chi connectivity index (χ3v) is 5.40. The Hall–Kier alpha value is -1.86. The van der Waals surface area contributed by atoms with Crippen molar-refractivity contribution in [1.82, 2.24) is 10.5 Å². The monoisotopic (exact) mass is 336 g/mol. The molecule has 0 unspecified atom stereocenters. The van der Waals surface area contributed by atoms with E-state index in [1.54, 1.807) is 12.1 Å². The van der Waals surface area contributed by atoms with Crippen molar-refractivity contribution >= 4 is 9.84 Å². The van der Waals surface area contributed by atoms with E-state index < -0.39 is 9.84 Å². The first-order valence-corrected chi connectivity index (χ1v) is 9.52. The van der Waals surface area contributed by atoms with Crippen LogP contribution in [0.4, 0.5) is 0 Å². The van der Waals surface area contributed by atoms with E-state index in [0.29, 0.717) is 10.7 Å². The molecule has 2 N–H and O–H groups in total. The summed E-state index contributed by atoms with van der Waals surface area (Å²) in [6, 6.07) is 8.81. The van der Waals surface area contributed by atoms with Gasteiger partial charge < -0.3 is 9.84 Å². The van der Waals surface area contributed by atoms with Crippen LogP contribution < -0.4 is 10.9 Å². The van der Waals surface area contributed by atoms with Crippen molar-refractivity contribution in [2.24, 2.45) is 0 Å². The Bertz CT molecular complexity index is 820. The fraction of sp³-hybridized carbons (Fsp3) is 0.438. The molecule has 1 aromatic carbocycles. The highest BCUT2D eigenvalue weighted by Crippen LogP contribution is 2.28. The maximum Gasteiger partial charge on any atom is 0.280 e. The van der Waals surface area contributed by atoms with Crippen LogP contribution in [0.5, 0.6) is 0 Å². The molecule has 1 aromatic heterocycles. The van der Waals surface area contributed by atoms with Crippen molar-refractivity contribution in [1.29, 1.82) is 0 Å². The van der Waals surface area contributed by atoms with E-state index in [0.717, 1.165) is 31.4 Å². The zero-order chi connectivity index (χ0) is 16.4. The molecule has 1 aliphatic heterocycles. The van der Waals surface area contributed by atoms with Crippen LogP contribution >= 0.6 is 0 Å². The molecule has 0 saturated carbocycles. The van der Waals surface area contributed by atoms with Gasteiger partial charge in [-0.2, -0.15) is 5.16 Å². The van der Waals surface area contributed by atoms with Crippen molar-refractivity contribution in [3.8, 4) is 0 Å². The van der Waals surface area contributed by atoms with Crippen LogP contribution in [0, 0.1) is 0 Å². The molecule has 2 heterocycles. The predicted molar refractivity (Wildman–Crippen MR) is 86.4 cm³/mol. The fourth-order valence-electron chi connectivity index (χ4n) is 3.08. The number of nitrogens with one attached hydrogen (secondary N) is 2. The number of sulfone groups is 1. The Morgan fingerprint density at radius 3 is 2.61 bits per heavy atom. The maximum absolute atomic E-state index is 11.5. The first-order valence-electron chi connectivity index (χ1n) is 7.62. The molecular formula is C16H20N2O4S. The summed E-state index contributed by atoms with van der Waals surface area (Å²) in [5.41, 5.74) is 0.887. The lowest BCUT2D eigenvalue weighted by Gasteiger charge is -2.29. The van der Waals surface area contributed by atoms with Crippen LogP contribution in [0.25, 0.3) is 0 Å². The summed E-state index contributed by atoms with van der Waals surface area (Å²) in [6.45, 7) is 0.867. The molecule has 1 fully saturated rings. The minimum absolute atomic E-state index is 0.202. The number of aromatic nitrogens is 1. The van der Waals surface area contributed by atoms with Crippen LogP contribution in [0.2, 0.25) is 0 Å². The van der Waals surface area contributed by atoms with Gasteiger partial charge in [-0.25, -0.2) is 8.42 Å². The number of hydrogen-bond acceptors (Lipinski definition) is 5. The summed E-state index contributed by atoms with van der Waals surface area (Å²) in [5, 5.41) is 5.81. The highest BCUT2D eigenvalue weighted by molar-refractivity contribution is 7.90. The normalized spacial score (nSPS) is 22.1. The third-order valence-electron chi connectivity index (χ3n) is 4.27. The molecule has 6 nitrogen and oxygen atoms in total. The van der Waals surface area contributed by atoms with E-state index in [1.165, 1.54) is 12.3 Å². The van der Waals surface area contributed by atoms with Crippen LogP contribution in [0.1, 0.15) is 30.1 Å². The van der Waals surface area contributed by atoms with Crippen molar-refractivity contribution in [3.63, 3.8) is 0 Å². The average Bonchev–Trinajstić information content (AvgIpc) is 2.94. The van der Waals surface area contributed by atoms with E-state index >= 15 is 0 Å². The average molecular weight is 336 g/mol. The Morgan fingerprint density at radius 2 is 2.00 bits per heavy atom. The zero-order valence-electron chi connectivity index (χ0n) is 12.9. The minimum Gasteiger partial charge on any atom is -0.383 e.